The maximum atomic E-state index is 12.2. The number of rotatable bonds is 6. The van der Waals surface area contributed by atoms with Crippen molar-refractivity contribution in [1.29, 1.82) is 0 Å². The molecular formula is C17H16N4OS2. The van der Waals surface area contributed by atoms with E-state index in [1.807, 2.05) is 54.1 Å². The second-order valence-corrected chi connectivity index (χ2v) is 6.62. The van der Waals surface area contributed by atoms with Crippen molar-refractivity contribution in [3.8, 4) is 0 Å². The fourth-order valence-electron chi connectivity index (χ4n) is 2.10. The fraction of sp³-hybridized carbons (Fsp3) is 0.118. The van der Waals surface area contributed by atoms with Gasteiger partial charge in [-0.2, -0.15) is 0 Å². The molecule has 2 heterocycles. The van der Waals surface area contributed by atoms with E-state index in [-0.39, 0.29) is 12.3 Å². The van der Waals surface area contributed by atoms with E-state index in [0.29, 0.717) is 0 Å². The van der Waals surface area contributed by atoms with Crippen LogP contribution in [0.15, 0.2) is 58.9 Å². The van der Waals surface area contributed by atoms with Crippen molar-refractivity contribution in [3.63, 3.8) is 0 Å². The summed E-state index contributed by atoms with van der Waals surface area (Å²) in [4.78, 5) is 21.9. The first-order chi connectivity index (χ1) is 11.7. The summed E-state index contributed by atoms with van der Waals surface area (Å²) < 4.78 is 0. The SMILES string of the molecule is CSc1ccccc1NC(=O)Cc1csc(Nc2ccccn2)n1. The summed E-state index contributed by atoms with van der Waals surface area (Å²) in [7, 11) is 0. The number of nitrogens with zero attached hydrogens (tertiary/aromatic N) is 2. The molecule has 0 fully saturated rings. The van der Waals surface area contributed by atoms with Gasteiger partial charge in [0.25, 0.3) is 0 Å². The van der Waals surface area contributed by atoms with E-state index in [4.69, 9.17) is 0 Å². The molecule has 7 heteroatoms. The van der Waals surface area contributed by atoms with Crippen LogP contribution in [0.1, 0.15) is 5.69 Å². The quantitative estimate of drug-likeness (QED) is 0.649. The Morgan fingerprint density at radius 1 is 1.21 bits per heavy atom. The van der Waals surface area contributed by atoms with Gasteiger partial charge in [-0.3, -0.25) is 4.79 Å². The van der Waals surface area contributed by atoms with E-state index in [2.05, 4.69) is 20.6 Å². The summed E-state index contributed by atoms with van der Waals surface area (Å²) in [6.07, 6.45) is 3.94. The molecule has 122 valence electrons. The highest BCUT2D eigenvalue weighted by Gasteiger charge is 2.10. The lowest BCUT2D eigenvalue weighted by Crippen LogP contribution is -2.15. The number of hydrogen-bond acceptors (Lipinski definition) is 6. The largest absolute Gasteiger partial charge is 0.325 e. The predicted molar refractivity (Wildman–Crippen MR) is 100 cm³/mol. The third kappa shape index (κ3) is 4.33. The number of carbonyl (C=O) groups is 1. The van der Waals surface area contributed by atoms with E-state index in [1.54, 1.807) is 18.0 Å². The Morgan fingerprint density at radius 3 is 2.83 bits per heavy atom. The summed E-state index contributed by atoms with van der Waals surface area (Å²) in [6.45, 7) is 0. The number of benzene rings is 1. The van der Waals surface area contributed by atoms with Crippen molar-refractivity contribution < 1.29 is 4.79 Å². The van der Waals surface area contributed by atoms with E-state index in [9.17, 15) is 4.79 Å². The Bertz CT molecular complexity index is 820. The molecule has 0 unspecified atom stereocenters. The number of hydrogen-bond donors (Lipinski definition) is 2. The summed E-state index contributed by atoms with van der Waals surface area (Å²) in [5, 5.41) is 8.67. The maximum Gasteiger partial charge on any atom is 0.230 e. The number of thiazole rings is 1. The lowest BCUT2D eigenvalue weighted by molar-refractivity contribution is -0.115. The molecule has 0 saturated heterocycles. The van der Waals surface area contributed by atoms with Crippen LogP contribution in [-0.4, -0.2) is 22.1 Å². The second-order valence-electron chi connectivity index (χ2n) is 4.91. The first-order valence-electron chi connectivity index (χ1n) is 7.30. The van der Waals surface area contributed by atoms with E-state index in [1.165, 1.54) is 11.3 Å². The summed E-state index contributed by atoms with van der Waals surface area (Å²) in [5.74, 6) is 0.655. The average molecular weight is 356 g/mol. The minimum atomic E-state index is -0.0776. The number of anilines is 3. The van der Waals surface area contributed by atoms with Gasteiger partial charge in [0.2, 0.25) is 5.91 Å². The molecule has 3 aromatic rings. The molecule has 0 spiro atoms. The Balaban J connectivity index is 1.61. The number of amides is 1. The van der Waals surface area contributed by atoms with Gasteiger partial charge in [0.05, 0.1) is 17.8 Å². The van der Waals surface area contributed by atoms with Crippen LogP contribution in [0.2, 0.25) is 0 Å². The van der Waals surface area contributed by atoms with Gasteiger partial charge >= 0.3 is 0 Å². The summed E-state index contributed by atoms with van der Waals surface area (Å²) >= 11 is 3.06. The first kappa shape index (κ1) is 16.5. The number of pyridine rings is 1. The van der Waals surface area contributed by atoms with Crippen LogP contribution in [-0.2, 0) is 11.2 Å². The zero-order chi connectivity index (χ0) is 16.8. The Labute approximate surface area is 148 Å². The molecule has 3 rings (SSSR count). The fourth-order valence-corrected chi connectivity index (χ4v) is 3.37. The maximum absolute atomic E-state index is 12.2. The molecule has 2 N–H and O–H groups in total. The predicted octanol–water partition coefficient (Wildman–Crippen LogP) is 4.18. The number of aromatic nitrogens is 2. The van der Waals surface area contributed by atoms with Crippen LogP contribution in [0, 0.1) is 0 Å². The standard InChI is InChI=1S/C17H16N4OS2/c1-23-14-7-3-2-6-13(14)20-16(22)10-12-11-24-17(19-12)21-15-8-4-5-9-18-15/h2-9,11H,10H2,1H3,(H,20,22)(H,18,19,21). The zero-order valence-electron chi connectivity index (χ0n) is 13.0. The molecule has 0 bridgehead atoms. The third-order valence-corrected chi connectivity index (χ3v) is 4.78. The van der Waals surface area contributed by atoms with Gasteiger partial charge in [0.15, 0.2) is 5.13 Å². The molecule has 1 amide bonds. The van der Waals surface area contributed by atoms with Crippen LogP contribution in [0.25, 0.3) is 0 Å². The molecule has 0 saturated carbocycles. The van der Waals surface area contributed by atoms with Crippen molar-refractivity contribution in [2.24, 2.45) is 0 Å². The molecule has 0 atom stereocenters. The van der Waals surface area contributed by atoms with Crippen molar-refractivity contribution in [3.05, 3.63) is 59.7 Å². The van der Waals surface area contributed by atoms with Crippen LogP contribution in [0.5, 0.6) is 0 Å². The molecular weight excluding hydrogens is 340 g/mol. The number of thioether (sulfide) groups is 1. The van der Waals surface area contributed by atoms with Gasteiger partial charge in [0, 0.05) is 16.5 Å². The highest BCUT2D eigenvalue weighted by molar-refractivity contribution is 7.98. The molecule has 1 aromatic carbocycles. The lowest BCUT2D eigenvalue weighted by Gasteiger charge is -2.08. The van der Waals surface area contributed by atoms with Crippen LogP contribution < -0.4 is 10.6 Å². The highest BCUT2D eigenvalue weighted by atomic mass is 32.2. The van der Waals surface area contributed by atoms with E-state index in [0.717, 1.165) is 27.2 Å². The smallest absolute Gasteiger partial charge is 0.230 e. The molecule has 0 aliphatic heterocycles. The van der Waals surface area contributed by atoms with Crippen LogP contribution >= 0.6 is 23.1 Å². The van der Waals surface area contributed by atoms with Gasteiger partial charge in [-0.05, 0) is 30.5 Å². The van der Waals surface area contributed by atoms with Crippen LogP contribution in [0.4, 0.5) is 16.6 Å². The van der Waals surface area contributed by atoms with Crippen molar-refractivity contribution in [2.45, 2.75) is 11.3 Å². The number of carbonyl (C=O) groups excluding carboxylic acids is 1. The monoisotopic (exact) mass is 356 g/mol. The number of para-hydroxylation sites is 1. The minimum absolute atomic E-state index is 0.0776. The van der Waals surface area contributed by atoms with Gasteiger partial charge in [-0.1, -0.05) is 18.2 Å². The summed E-state index contributed by atoms with van der Waals surface area (Å²) in [6, 6.07) is 13.4. The van der Waals surface area contributed by atoms with Gasteiger partial charge in [-0.15, -0.1) is 23.1 Å². The second kappa shape index (κ2) is 7.94. The highest BCUT2D eigenvalue weighted by Crippen LogP contribution is 2.25. The average Bonchev–Trinajstić information content (AvgIpc) is 3.03. The molecule has 24 heavy (non-hydrogen) atoms. The lowest BCUT2D eigenvalue weighted by atomic mass is 10.3. The topological polar surface area (TPSA) is 66.9 Å². The molecule has 0 aliphatic rings. The molecule has 0 aliphatic carbocycles. The van der Waals surface area contributed by atoms with Gasteiger partial charge in [-0.25, -0.2) is 9.97 Å². The molecule has 0 radical (unpaired) electrons. The van der Waals surface area contributed by atoms with Crippen LogP contribution in [0.3, 0.4) is 0 Å². The van der Waals surface area contributed by atoms with E-state index >= 15 is 0 Å². The van der Waals surface area contributed by atoms with E-state index < -0.39 is 0 Å². The number of nitrogens with one attached hydrogen (secondary N) is 2. The van der Waals surface area contributed by atoms with Crippen molar-refractivity contribution in [2.75, 3.05) is 16.9 Å². The first-order valence-corrected chi connectivity index (χ1v) is 9.40. The Hall–Kier alpha value is -2.38. The zero-order valence-corrected chi connectivity index (χ0v) is 14.7. The normalized spacial score (nSPS) is 10.4. The molecule has 5 nitrogen and oxygen atoms in total. The summed E-state index contributed by atoms with van der Waals surface area (Å²) in [5.41, 5.74) is 1.56. The minimum Gasteiger partial charge on any atom is -0.325 e. The Kier molecular flexibility index (Phi) is 5.45. The van der Waals surface area contributed by atoms with Gasteiger partial charge in [0.1, 0.15) is 5.82 Å². The van der Waals surface area contributed by atoms with Gasteiger partial charge < -0.3 is 10.6 Å². The third-order valence-electron chi connectivity index (χ3n) is 3.17. The van der Waals surface area contributed by atoms with Crippen molar-refractivity contribution in [1.82, 2.24) is 9.97 Å². The molecule has 2 aromatic heterocycles. The van der Waals surface area contributed by atoms with Crippen molar-refractivity contribution >= 4 is 45.6 Å². The Morgan fingerprint density at radius 2 is 2.04 bits per heavy atom.